The van der Waals surface area contributed by atoms with Gasteiger partial charge in [0.2, 0.25) is 5.91 Å². The zero-order valence-corrected chi connectivity index (χ0v) is 6.48. The quantitative estimate of drug-likeness (QED) is 0.432. The van der Waals surface area contributed by atoms with Crippen LogP contribution in [0.2, 0.25) is 0 Å². The lowest BCUT2D eigenvalue weighted by Gasteiger charge is -1.98. The largest absolute Gasteiger partial charge is 0.370 e. The highest BCUT2D eigenvalue weighted by Gasteiger charge is 2.31. The maximum atomic E-state index is 10.6. The summed E-state index contributed by atoms with van der Waals surface area (Å²) in [5.41, 5.74) is 10.3. The minimum atomic E-state index is -0.457. The molecule has 5 nitrogen and oxygen atoms in total. The molecule has 0 saturated carbocycles. The third-order valence-electron chi connectivity index (χ3n) is 1.23. The van der Waals surface area contributed by atoms with Crippen LogP contribution in [-0.2, 0) is 4.79 Å². The van der Waals surface area contributed by atoms with E-state index in [-0.39, 0.29) is 16.9 Å². The summed E-state index contributed by atoms with van der Waals surface area (Å²) in [6.45, 7) is 0. The number of hydrogen-bond acceptors (Lipinski definition) is 4. The number of carbonyl (C=O) groups excluding carboxylic acids is 2. The molecule has 1 aliphatic rings. The van der Waals surface area contributed by atoms with Crippen LogP contribution in [0.25, 0.3) is 0 Å². The highest BCUT2D eigenvalue weighted by molar-refractivity contribution is 8.14. The van der Waals surface area contributed by atoms with E-state index < -0.39 is 5.91 Å². The molecular weight excluding hydrogens is 166 g/mol. The average molecular weight is 174 g/mol. The summed E-state index contributed by atoms with van der Waals surface area (Å²) in [6, 6.07) is 0. The Morgan fingerprint density at radius 2 is 2.36 bits per heavy atom. The topological polar surface area (TPSA) is 100 Å². The number of rotatable bonds is 2. The molecule has 0 spiro atoms. The summed E-state index contributed by atoms with van der Waals surface area (Å²) in [7, 11) is 0. The van der Waals surface area contributed by atoms with Crippen molar-refractivity contribution in [1.82, 2.24) is 0 Å². The Morgan fingerprint density at radius 3 is 2.73 bits per heavy atom. The Hall–Kier alpha value is -1.04. The third kappa shape index (κ3) is 1.94. The van der Waals surface area contributed by atoms with Crippen LogP contribution in [0.15, 0.2) is 0 Å². The van der Waals surface area contributed by atoms with Gasteiger partial charge >= 0.3 is 5.24 Å². The fourth-order valence-corrected chi connectivity index (χ4v) is 1.62. The zero-order chi connectivity index (χ0) is 8.43. The van der Waals surface area contributed by atoms with E-state index in [1.165, 1.54) is 0 Å². The van der Waals surface area contributed by atoms with E-state index in [0.717, 1.165) is 11.8 Å². The number of amidine groups is 1. The van der Waals surface area contributed by atoms with Crippen molar-refractivity contribution >= 4 is 28.7 Å². The lowest BCUT2D eigenvalue weighted by Crippen LogP contribution is -2.75. The second-order valence-corrected chi connectivity index (χ2v) is 3.32. The number of nitrogens with two attached hydrogens (primary N) is 2. The molecule has 0 bridgehead atoms. The Balaban J connectivity index is 2.57. The zero-order valence-electron chi connectivity index (χ0n) is 5.66. The van der Waals surface area contributed by atoms with E-state index in [1.807, 2.05) is 0 Å². The number of thioether (sulfide) groups is 1. The standard InChI is InChI=1S/C5H7N3O2S/c6-3(9)1-2-4(7)8-5(10)11-2/h2H,1H2,(H2,6,9)(H2,7,8,10)/p+1/t2-/m0/s1. The van der Waals surface area contributed by atoms with Crippen molar-refractivity contribution in [2.45, 2.75) is 11.7 Å². The van der Waals surface area contributed by atoms with Gasteiger partial charge in [0.1, 0.15) is 5.25 Å². The van der Waals surface area contributed by atoms with E-state index >= 15 is 0 Å². The maximum Gasteiger partial charge on any atom is 0.367 e. The normalized spacial score (nSPS) is 23.5. The van der Waals surface area contributed by atoms with Gasteiger partial charge in [-0.1, -0.05) is 0 Å². The van der Waals surface area contributed by atoms with Crippen molar-refractivity contribution in [3.63, 3.8) is 0 Å². The Labute approximate surface area is 67.2 Å². The van der Waals surface area contributed by atoms with E-state index in [9.17, 15) is 9.59 Å². The van der Waals surface area contributed by atoms with Crippen molar-refractivity contribution in [3.05, 3.63) is 0 Å². The van der Waals surface area contributed by atoms with Gasteiger partial charge in [0.05, 0.1) is 6.42 Å². The van der Waals surface area contributed by atoms with Crippen LogP contribution in [0.5, 0.6) is 0 Å². The van der Waals surface area contributed by atoms with Gasteiger partial charge in [0.25, 0.3) is 5.84 Å². The molecule has 5 N–H and O–H groups in total. The minimum absolute atomic E-state index is 0.106. The number of amides is 2. The molecule has 0 radical (unpaired) electrons. The van der Waals surface area contributed by atoms with Crippen molar-refractivity contribution in [1.29, 1.82) is 0 Å². The first-order chi connectivity index (χ1) is 5.09. The van der Waals surface area contributed by atoms with Gasteiger partial charge in [-0.05, 0) is 11.8 Å². The molecule has 1 aliphatic heterocycles. The summed E-state index contributed by atoms with van der Waals surface area (Å²) in [5, 5.41) is -0.520. The predicted octanol–water partition coefficient (Wildman–Crippen LogP) is -2.46. The summed E-state index contributed by atoms with van der Waals surface area (Å²) in [5.74, 6) is -0.138. The lowest BCUT2D eigenvalue weighted by atomic mass is 10.3. The van der Waals surface area contributed by atoms with Crippen molar-refractivity contribution in [2.24, 2.45) is 11.5 Å². The van der Waals surface area contributed by atoms with Gasteiger partial charge in [0.15, 0.2) is 0 Å². The molecule has 0 aromatic heterocycles. The van der Waals surface area contributed by atoms with Crippen molar-refractivity contribution in [3.8, 4) is 0 Å². The summed E-state index contributed by atoms with van der Waals surface area (Å²) in [4.78, 5) is 23.4. The molecule has 6 heteroatoms. The van der Waals surface area contributed by atoms with Gasteiger partial charge in [-0.3, -0.25) is 10.5 Å². The Bertz CT molecular complexity index is 238. The van der Waals surface area contributed by atoms with Gasteiger partial charge < -0.3 is 5.73 Å². The van der Waals surface area contributed by atoms with E-state index in [0.29, 0.717) is 5.84 Å². The van der Waals surface area contributed by atoms with Crippen LogP contribution in [-0.4, -0.2) is 22.2 Å². The number of hydrogen-bond donors (Lipinski definition) is 3. The van der Waals surface area contributed by atoms with Crippen LogP contribution < -0.4 is 16.5 Å². The molecule has 1 rings (SSSR count). The molecule has 0 unspecified atom stereocenters. The second kappa shape index (κ2) is 2.91. The highest BCUT2D eigenvalue weighted by Crippen LogP contribution is 2.14. The molecule has 0 aliphatic carbocycles. The van der Waals surface area contributed by atoms with Crippen LogP contribution >= 0.6 is 11.8 Å². The molecule has 0 saturated heterocycles. The van der Waals surface area contributed by atoms with Crippen molar-refractivity contribution < 1.29 is 14.6 Å². The third-order valence-corrected chi connectivity index (χ3v) is 2.25. The smallest absolute Gasteiger partial charge is 0.367 e. The molecule has 11 heavy (non-hydrogen) atoms. The maximum absolute atomic E-state index is 10.6. The van der Waals surface area contributed by atoms with E-state index in [2.05, 4.69) is 4.99 Å². The Kier molecular flexibility index (Phi) is 2.13. The van der Waals surface area contributed by atoms with Gasteiger partial charge in [-0.2, -0.15) is 0 Å². The number of nitrogens with one attached hydrogen (secondary N) is 1. The first-order valence-corrected chi connectivity index (χ1v) is 3.86. The Morgan fingerprint density at radius 1 is 1.73 bits per heavy atom. The first-order valence-electron chi connectivity index (χ1n) is 2.98. The van der Waals surface area contributed by atoms with Crippen LogP contribution in [0.4, 0.5) is 4.79 Å². The van der Waals surface area contributed by atoms with Crippen LogP contribution in [0.3, 0.4) is 0 Å². The van der Waals surface area contributed by atoms with Crippen molar-refractivity contribution in [2.75, 3.05) is 0 Å². The molecule has 60 valence electrons. The molecule has 0 aromatic carbocycles. The highest BCUT2D eigenvalue weighted by atomic mass is 32.2. The van der Waals surface area contributed by atoms with Crippen LogP contribution in [0.1, 0.15) is 6.42 Å². The van der Waals surface area contributed by atoms with Crippen LogP contribution in [0, 0.1) is 0 Å². The second-order valence-electron chi connectivity index (χ2n) is 2.14. The number of carbonyl (C=O) groups is 2. The van der Waals surface area contributed by atoms with E-state index in [4.69, 9.17) is 11.5 Å². The fraction of sp³-hybridized carbons (Fsp3) is 0.400. The number of primary amides is 1. The monoisotopic (exact) mass is 174 g/mol. The molecule has 2 amide bonds. The van der Waals surface area contributed by atoms with Gasteiger partial charge in [0, 0.05) is 0 Å². The van der Waals surface area contributed by atoms with Gasteiger partial charge in [-0.25, -0.2) is 9.79 Å². The molecule has 0 fully saturated rings. The summed E-state index contributed by atoms with van der Waals surface area (Å²) < 4.78 is 0. The SMILES string of the molecule is NC(=O)C[C@@H]1SC(=O)[NH+]=C1N. The summed E-state index contributed by atoms with van der Waals surface area (Å²) in [6.07, 6.45) is 0.106. The summed E-state index contributed by atoms with van der Waals surface area (Å²) >= 11 is 0.989. The van der Waals surface area contributed by atoms with Gasteiger partial charge in [-0.15, -0.1) is 0 Å². The predicted molar refractivity (Wildman–Crippen MR) is 40.7 cm³/mol. The molecule has 1 atom stereocenters. The molecular formula is C5H8N3O2S+. The first kappa shape index (κ1) is 8.06. The molecule has 1 heterocycles. The molecule has 0 aromatic rings. The fourth-order valence-electron chi connectivity index (χ4n) is 0.755. The van der Waals surface area contributed by atoms with E-state index in [1.54, 1.807) is 0 Å². The minimum Gasteiger partial charge on any atom is -0.370 e. The average Bonchev–Trinajstić information content (AvgIpc) is 2.09. The lowest BCUT2D eigenvalue weighted by molar-refractivity contribution is -0.328.